The van der Waals surface area contributed by atoms with Crippen LogP contribution in [0.1, 0.15) is 54.8 Å². The van der Waals surface area contributed by atoms with E-state index in [9.17, 15) is 9.59 Å². The van der Waals surface area contributed by atoms with E-state index in [1.807, 2.05) is 18.7 Å². The molecule has 1 amide bonds. The van der Waals surface area contributed by atoms with Gasteiger partial charge in [-0.3, -0.25) is 9.36 Å². The molecule has 27 heavy (non-hydrogen) atoms. The quantitative estimate of drug-likeness (QED) is 0.822. The molecule has 1 unspecified atom stereocenters. The van der Waals surface area contributed by atoms with E-state index in [4.69, 9.17) is 9.47 Å². The highest BCUT2D eigenvalue weighted by Crippen LogP contribution is 2.33. The Morgan fingerprint density at radius 3 is 2.81 bits per heavy atom. The van der Waals surface area contributed by atoms with Crippen LogP contribution < -0.4 is 15.2 Å². The number of rotatable bonds is 3. The lowest BCUT2D eigenvalue weighted by Crippen LogP contribution is -2.40. The molecule has 2 aromatic rings. The van der Waals surface area contributed by atoms with Gasteiger partial charge >= 0.3 is 5.69 Å². The van der Waals surface area contributed by atoms with Crippen LogP contribution in [-0.4, -0.2) is 45.0 Å². The van der Waals surface area contributed by atoms with Crippen LogP contribution >= 0.6 is 0 Å². The number of carbonyl (C=O) groups excluding carboxylic acids is 1. The van der Waals surface area contributed by atoms with Gasteiger partial charge in [0.2, 0.25) is 6.79 Å². The number of hydrogen-bond acceptors (Lipinski definition) is 5. The third-order valence-corrected chi connectivity index (χ3v) is 5.19. The fourth-order valence-corrected chi connectivity index (χ4v) is 3.85. The zero-order chi connectivity index (χ0) is 19.1. The fourth-order valence-electron chi connectivity index (χ4n) is 3.85. The molecule has 0 N–H and O–H groups in total. The van der Waals surface area contributed by atoms with Crippen molar-refractivity contribution in [1.82, 2.24) is 19.2 Å². The molecule has 8 heteroatoms. The number of likely N-dealkylation sites (tertiary alicyclic amines) is 1. The van der Waals surface area contributed by atoms with E-state index >= 15 is 0 Å². The molecule has 4 rings (SSSR count). The molecule has 2 aliphatic rings. The van der Waals surface area contributed by atoms with Crippen LogP contribution in [0.2, 0.25) is 0 Å². The summed E-state index contributed by atoms with van der Waals surface area (Å²) >= 11 is 0. The number of aryl methyl sites for hydroxylation is 1. The number of benzene rings is 1. The molecule has 8 nitrogen and oxygen atoms in total. The van der Waals surface area contributed by atoms with Crippen molar-refractivity contribution in [3.63, 3.8) is 0 Å². The van der Waals surface area contributed by atoms with Gasteiger partial charge in [-0.1, -0.05) is 0 Å². The largest absolute Gasteiger partial charge is 0.454 e. The summed E-state index contributed by atoms with van der Waals surface area (Å²) in [4.78, 5) is 27.2. The zero-order valence-electron chi connectivity index (χ0n) is 15.8. The molecule has 1 atom stereocenters. The Hall–Kier alpha value is -2.77. The van der Waals surface area contributed by atoms with Crippen LogP contribution in [-0.2, 0) is 7.05 Å². The van der Waals surface area contributed by atoms with E-state index < -0.39 is 0 Å². The minimum atomic E-state index is -0.112. The van der Waals surface area contributed by atoms with Crippen molar-refractivity contribution in [3.05, 3.63) is 40.1 Å². The van der Waals surface area contributed by atoms with Crippen molar-refractivity contribution < 1.29 is 14.3 Å². The van der Waals surface area contributed by atoms with E-state index in [2.05, 4.69) is 5.10 Å². The maximum Gasteiger partial charge on any atom is 0.345 e. The van der Waals surface area contributed by atoms with Crippen molar-refractivity contribution in [3.8, 4) is 11.5 Å². The predicted molar refractivity (Wildman–Crippen MR) is 98.3 cm³/mol. The second kappa shape index (κ2) is 6.75. The summed E-state index contributed by atoms with van der Waals surface area (Å²) in [5, 5.41) is 4.46. The first-order chi connectivity index (χ1) is 13.0. The van der Waals surface area contributed by atoms with Crippen LogP contribution in [0.5, 0.6) is 11.5 Å². The maximum atomic E-state index is 13.0. The Bertz CT molecular complexity index is 930. The van der Waals surface area contributed by atoms with Crippen LogP contribution in [0.15, 0.2) is 23.0 Å². The molecular weight excluding hydrogens is 348 g/mol. The van der Waals surface area contributed by atoms with Gasteiger partial charge in [0.25, 0.3) is 5.91 Å². The smallest absolute Gasteiger partial charge is 0.345 e. The van der Waals surface area contributed by atoms with Gasteiger partial charge in [0.15, 0.2) is 11.5 Å². The molecule has 1 saturated heterocycles. The Balaban J connectivity index is 1.58. The van der Waals surface area contributed by atoms with Gasteiger partial charge in [-0.05, 0) is 44.9 Å². The summed E-state index contributed by atoms with van der Waals surface area (Å²) in [6.45, 7) is 5.39. The van der Waals surface area contributed by atoms with Crippen LogP contribution in [0.3, 0.4) is 0 Å². The molecule has 2 aliphatic heterocycles. The Morgan fingerprint density at radius 2 is 2.04 bits per heavy atom. The third kappa shape index (κ3) is 3.09. The maximum absolute atomic E-state index is 13.0. The van der Waals surface area contributed by atoms with Gasteiger partial charge in [0.1, 0.15) is 5.82 Å². The second-order valence-corrected chi connectivity index (χ2v) is 7.39. The van der Waals surface area contributed by atoms with E-state index in [-0.39, 0.29) is 30.3 Å². The number of ether oxygens (including phenoxy) is 2. The van der Waals surface area contributed by atoms with Gasteiger partial charge in [0.05, 0.1) is 0 Å². The van der Waals surface area contributed by atoms with Gasteiger partial charge in [0, 0.05) is 37.7 Å². The highest BCUT2D eigenvalue weighted by Gasteiger charge is 2.30. The fraction of sp³-hybridized carbons (Fsp3) is 0.526. The molecule has 1 aromatic carbocycles. The van der Waals surface area contributed by atoms with Gasteiger partial charge < -0.3 is 14.4 Å². The lowest BCUT2D eigenvalue weighted by Gasteiger charge is -2.32. The molecule has 0 radical (unpaired) electrons. The molecular formula is C19H24N4O4. The van der Waals surface area contributed by atoms with E-state index in [1.54, 1.807) is 29.8 Å². The topological polar surface area (TPSA) is 78.6 Å². The van der Waals surface area contributed by atoms with Crippen LogP contribution in [0.4, 0.5) is 0 Å². The Kier molecular flexibility index (Phi) is 4.41. The van der Waals surface area contributed by atoms with Crippen molar-refractivity contribution in [2.45, 2.75) is 38.6 Å². The van der Waals surface area contributed by atoms with Crippen molar-refractivity contribution >= 4 is 5.91 Å². The van der Waals surface area contributed by atoms with E-state index in [0.717, 1.165) is 18.7 Å². The number of piperidine rings is 1. The standard InChI is InChI=1S/C19H24N4O4/c1-12(2)23-17(20-21(3)19(23)25)14-5-4-8-22(10-14)18(24)13-6-7-15-16(9-13)27-11-26-15/h6-7,9,12,14H,4-5,8,10-11H2,1-3H3. The number of carbonyl (C=O) groups is 1. The number of nitrogens with zero attached hydrogens (tertiary/aromatic N) is 4. The van der Waals surface area contributed by atoms with Crippen molar-refractivity contribution in [2.24, 2.45) is 7.05 Å². The Labute approximate surface area is 157 Å². The summed E-state index contributed by atoms with van der Waals surface area (Å²) in [6.07, 6.45) is 1.79. The molecule has 3 heterocycles. The van der Waals surface area contributed by atoms with Gasteiger partial charge in [-0.2, -0.15) is 5.10 Å². The highest BCUT2D eigenvalue weighted by atomic mass is 16.7. The molecule has 0 bridgehead atoms. The van der Waals surface area contributed by atoms with Crippen molar-refractivity contribution in [2.75, 3.05) is 19.9 Å². The normalized spacial score (nSPS) is 19.0. The van der Waals surface area contributed by atoms with Gasteiger partial charge in [-0.25, -0.2) is 9.48 Å². The number of hydrogen-bond donors (Lipinski definition) is 0. The average Bonchev–Trinajstić information content (AvgIpc) is 3.25. The first-order valence-corrected chi connectivity index (χ1v) is 9.30. The minimum Gasteiger partial charge on any atom is -0.454 e. The third-order valence-electron chi connectivity index (χ3n) is 5.19. The van der Waals surface area contributed by atoms with Crippen LogP contribution in [0.25, 0.3) is 0 Å². The summed E-state index contributed by atoms with van der Waals surface area (Å²) in [5.41, 5.74) is 0.474. The van der Waals surface area contributed by atoms with E-state index in [1.165, 1.54) is 4.68 Å². The molecule has 0 saturated carbocycles. The predicted octanol–water partition coefficient (Wildman–Crippen LogP) is 1.91. The number of fused-ring (bicyclic) bond motifs is 1. The lowest BCUT2D eigenvalue weighted by atomic mass is 9.96. The molecule has 0 spiro atoms. The molecule has 0 aliphatic carbocycles. The number of amides is 1. The summed E-state index contributed by atoms with van der Waals surface area (Å²) in [6, 6.07) is 5.30. The monoisotopic (exact) mass is 372 g/mol. The zero-order valence-corrected chi connectivity index (χ0v) is 15.8. The molecule has 1 fully saturated rings. The molecule has 144 valence electrons. The number of aromatic nitrogens is 3. The average molecular weight is 372 g/mol. The second-order valence-electron chi connectivity index (χ2n) is 7.39. The minimum absolute atomic E-state index is 0.0288. The summed E-state index contributed by atoms with van der Waals surface area (Å²) in [5.74, 6) is 2.05. The van der Waals surface area contributed by atoms with Crippen LogP contribution in [0, 0.1) is 0 Å². The first-order valence-electron chi connectivity index (χ1n) is 9.30. The summed E-state index contributed by atoms with van der Waals surface area (Å²) in [7, 11) is 1.67. The lowest BCUT2D eigenvalue weighted by molar-refractivity contribution is 0.0702. The summed E-state index contributed by atoms with van der Waals surface area (Å²) < 4.78 is 13.8. The Morgan fingerprint density at radius 1 is 1.26 bits per heavy atom. The highest BCUT2D eigenvalue weighted by molar-refractivity contribution is 5.95. The van der Waals surface area contributed by atoms with Crippen molar-refractivity contribution in [1.29, 1.82) is 0 Å². The SMILES string of the molecule is CC(C)n1c(C2CCCN(C(=O)c3ccc4c(c3)OCO4)C2)nn(C)c1=O. The molecule has 1 aromatic heterocycles. The van der Waals surface area contributed by atoms with Gasteiger partial charge in [-0.15, -0.1) is 0 Å². The first kappa shape index (κ1) is 17.6. The van der Waals surface area contributed by atoms with E-state index in [0.29, 0.717) is 30.2 Å².